The monoisotopic (exact) mass is 381 g/mol. The van der Waals surface area contributed by atoms with Crippen LogP contribution in [0.1, 0.15) is 28.8 Å². The maximum absolute atomic E-state index is 5.79. The van der Waals surface area contributed by atoms with Gasteiger partial charge in [-0.15, -0.1) is 11.3 Å². The standard InChI is InChI=1S/C18H17Cl2NO2S/c19-18(20)9-10-22-17-8-2-5-14-15(17)6-1-7-16(14)21-23-12-13-4-3-11-24-13/h2-5,8-9,11H,1,6-7,10,12H2/b21-16+. The van der Waals surface area contributed by atoms with Gasteiger partial charge < -0.3 is 9.57 Å². The van der Waals surface area contributed by atoms with E-state index >= 15 is 0 Å². The van der Waals surface area contributed by atoms with Crippen LogP contribution in [-0.2, 0) is 17.9 Å². The van der Waals surface area contributed by atoms with Crippen molar-refractivity contribution in [1.29, 1.82) is 0 Å². The molecule has 24 heavy (non-hydrogen) atoms. The molecule has 1 aliphatic carbocycles. The third-order valence-corrected chi connectivity index (χ3v) is 4.88. The fraction of sp³-hybridized carbons (Fsp3) is 0.278. The minimum Gasteiger partial charge on any atom is -0.489 e. The molecule has 3 rings (SSSR count). The average molecular weight is 382 g/mol. The Hall–Kier alpha value is -1.49. The maximum Gasteiger partial charge on any atom is 0.151 e. The van der Waals surface area contributed by atoms with Gasteiger partial charge in [0.25, 0.3) is 0 Å². The number of hydrogen-bond donors (Lipinski definition) is 0. The molecule has 0 amide bonds. The molecule has 126 valence electrons. The molecule has 0 N–H and O–H groups in total. The SMILES string of the molecule is ClC(Cl)=CCOc1cccc2c1CCC/C2=N\OCc1cccs1. The van der Waals surface area contributed by atoms with Gasteiger partial charge in [0, 0.05) is 16.0 Å². The van der Waals surface area contributed by atoms with Crippen LogP contribution in [0.4, 0.5) is 0 Å². The van der Waals surface area contributed by atoms with E-state index in [0.29, 0.717) is 13.2 Å². The summed E-state index contributed by atoms with van der Waals surface area (Å²) in [4.78, 5) is 6.70. The van der Waals surface area contributed by atoms with E-state index in [9.17, 15) is 0 Å². The number of ether oxygens (including phenoxy) is 1. The minimum absolute atomic E-state index is 0.212. The Kier molecular flexibility index (Phi) is 6.18. The normalized spacial score (nSPS) is 15.0. The maximum atomic E-state index is 5.79. The van der Waals surface area contributed by atoms with Crippen LogP contribution in [0.5, 0.6) is 5.75 Å². The van der Waals surface area contributed by atoms with Gasteiger partial charge in [-0.25, -0.2) is 0 Å². The van der Waals surface area contributed by atoms with E-state index in [1.54, 1.807) is 17.4 Å². The highest BCUT2D eigenvalue weighted by Gasteiger charge is 2.19. The largest absolute Gasteiger partial charge is 0.489 e. The Morgan fingerprint density at radius 3 is 2.92 bits per heavy atom. The number of fused-ring (bicyclic) bond motifs is 1. The molecule has 0 atom stereocenters. The first-order chi connectivity index (χ1) is 11.7. The van der Waals surface area contributed by atoms with Gasteiger partial charge in [-0.2, -0.15) is 0 Å². The Bertz CT molecular complexity index is 737. The first-order valence-electron chi connectivity index (χ1n) is 7.71. The lowest BCUT2D eigenvalue weighted by atomic mass is 9.89. The van der Waals surface area contributed by atoms with Crippen molar-refractivity contribution in [2.75, 3.05) is 6.61 Å². The van der Waals surface area contributed by atoms with E-state index in [1.165, 1.54) is 5.56 Å². The van der Waals surface area contributed by atoms with E-state index < -0.39 is 0 Å². The molecule has 0 unspecified atom stereocenters. The summed E-state index contributed by atoms with van der Waals surface area (Å²) in [6.45, 7) is 0.853. The highest BCUT2D eigenvalue weighted by atomic mass is 35.5. The number of oxime groups is 1. The number of rotatable bonds is 6. The smallest absolute Gasteiger partial charge is 0.151 e. The van der Waals surface area contributed by atoms with Gasteiger partial charge >= 0.3 is 0 Å². The molecule has 0 saturated heterocycles. The van der Waals surface area contributed by atoms with Gasteiger partial charge in [0.1, 0.15) is 16.8 Å². The summed E-state index contributed by atoms with van der Waals surface area (Å²) in [6.07, 6.45) is 4.53. The molecule has 1 aromatic heterocycles. The van der Waals surface area contributed by atoms with Gasteiger partial charge in [0.2, 0.25) is 0 Å². The second kappa shape index (κ2) is 8.56. The zero-order valence-corrected chi connectivity index (χ0v) is 15.3. The molecule has 1 aromatic carbocycles. The molecule has 0 spiro atoms. The second-order valence-corrected chi connectivity index (χ2v) is 7.37. The Labute approximate surface area is 155 Å². The van der Waals surface area contributed by atoms with Gasteiger partial charge in [0.15, 0.2) is 6.61 Å². The molecule has 3 nitrogen and oxygen atoms in total. The molecule has 1 heterocycles. The summed E-state index contributed by atoms with van der Waals surface area (Å²) in [5, 5.41) is 6.40. The summed E-state index contributed by atoms with van der Waals surface area (Å²) >= 11 is 12.9. The highest BCUT2D eigenvalue weighted by molar-refractivity contribution is 7.09. The van der Waals surface area contributed by atoms with Crippen molar-refractivity contribution in [3.05, 3.63) is 62.3 Å². The fourth-order valence-electron chi connectivity index (χ4n) is 2.65. The molecular weight excluding hydrogens is 365 g/mol. The topological polar surface area (TPSA) is 30.8 Å². The molecule has 0 bridgehead atoms. The highest BCUT2D eigenvalue weighted by Crippen LogP contribution is 2.30. The predicted octanol–water partition coefficient (Wildman–Crippen LogP) is 5.70. The molecule has 1 aliphatic rings. The molecular formula is C18H17Cl2NO2S. The average Bonchev–Trinajstić information content (AvgIpc) is 3.08. The first-order valence-corrected chi connectivity index (χ1v) is 9.35. The van der Waals surface area contributed by atoms with Gasteiger partial charge in [-0.3, -0.25) is 0 Å². The van der Waals surface area contributed by atoms with Crippen LogP contribution in [0.15, 0.2) is 51.4 Å². The Morgan fingerprint density at radius 2 is 2.12 bits per heavy atom. The molecule has 0 aliphatic heterocycles. The summed E-state index contributed by atoms with van der Waals surface area (Å²) in [5.74, 6) is 0.851. The van der Waals surface area contributed by atoms with Crippen molar-refractivity contribution in [2.45, 2.75) is 25.9 Å². The third kappa shape index (κ3) is 4.53. The minimum atomic E-state index is 0.212. The summed E-state index contributed by atoms with van der Waals surface area (Å²) in [7, 11) is 0. The van der Waals surface area contributed by atoms with Crippen LogP contribution in [0, 0.1) is 0 Å². The molecule has 0 fully saturated rings. The number of halogens is 2. The van der Waals surface area contributed by atoms with Crippen LogP contribution in [0.3, 0.4) is 0 Å². The zero-order valence-electron chi connectivity index (χ0n) is 13.0. The van der Waals surface area contributed by atoms with Gasteiger partial charge in [-0.1, -0.05) is 46.6 Å². The lowest BCUT2D eigenvalue weighted by molar-refractivity contribution is 0.132. The van der Waals surface area contributed by atoms with Crippen LogP contribution < -0.4 is 4.74 Å². The Balaban J connectivity index is 1.73. The summed E-state index contributed by atoms with van der Waals surface area (Å²) in [6, 6.07) is 10.1. The number of benzene rings is 1. The first kappa shape index (κ1) is 17.3. The van der Waals surface area contributed by atoms with E-state index in [1.807, 2.05) is 29.6 Å². The fourth-order valence-corrected chi connectivity index (χ4v) is 3.39. The van der Waals surface area contributed by atoms with Crippen LogP contribution >= 0.6 is 34.5 Å². The molecule has 6 heteroatoms. The van der Waals surface area contributed by atoms with Crippen molar-refractivity contribution < 1.29 is 9.57 Å². The van der Waals surface area contributed by atoms with E-state index in [4.69, 9.17) is 32.8 Å². The van der Waals surface area contributed by atoms with Crippen molar-refractivity contribution in [2.24, 2.45) is 5.16 Å². The summed E-state index contributed by atoms with van der Waals surface area (Å²) in [5.41, 5.74) is 3.25. The van der Waals surface area contributed by atoms with Crippen molar-refractivity contribution in [3.63, 3.8) is 0 Å². The second-order valence-electron chi connectivity index (χ2n) is 5.33. The van der Waals surface area contributed by atoms with Gasteiger partial charge in [-0.05, 0) is 42.9 Å². The molecule has 2 aromatic rings. The third-order valence-electron chi connectivity index (χ3n) is 3.72. The zero-order chi connectivity index (χ0) is 16.8. The van der Waals surface area contributed by atoms with E-state index in [0.717, 1.165) is 41.2 Å². The van der Waals surface area contributed by atoms with Crippen molar-refractivity contribution >= 4 is 40.3 Å². The van der Waals surface area contributed by atoms with Crippen LogP contribution in [0.25, 0.3) is 0 Å². The lowest BCUT2D eigenvalue weighted by Gasteiger charge is -2.20. The lowest BCUT2D eigenvalue weighted by Crippen LogP contribution is -2.14. The van der Waals surface area contributed by atoms with Crippen molar-refractivity contribution in [1.82, 2.24) is 0 Å². The summed E-state index contributed by atoms with van der Waals surface area (Å²) < 4.78 is 6.00. The number of thiophene rings is 1. The molecule has 0 saturated carbocycles. The number of nitrogens with zero attached hydrogens (tertiary/aromatic N) is 1. The van der Waals surface area contributed by atoms with Gasteiger partial charge in [0.05, 0.1) is 5.71 Å². The quantitative estimate of drug-likeness (QED) is 0.600. The van der Waals surface area contributed by atoms with E-state index in [2.05, 4.69) is 11.2 Å². The van der Waals surface area contributed by atoms with Crippen LogP contribution in [-0.4, -0.2) is 12.3 Å². The number of hydrogen-bond acceptors (Lipinski definition) is 4. The van der Waals surface area contributed by atoms with Crippen molar-refractivity contribution in [3.8, 4) is 5.75 Å². The predicted molar refractivity (Wildman–Crippen MR) is 100 cm³/mol. The molecule has 0 radical (unpaired) electrons. The van der Waals surface area contributed by atoms with Crippen LogP contribution in [0.2, 0.25) is 0 Å². The van der Waals surface area contributed by atoms with E-state index in [-0.39, 0.29) is 4.49 Å². The Morgan fingerprint density at radius 1 is 1.21 bits per heavy atom.